The topological polar surface area (TPSA) is 98.4 Å². The van der Waals surface area contributed by atoms with E-state index in [0.717, 1.165) is 4.88 Å². The maximum Gasteiger partial charge on any atom is 0.339 e. The number of Topliss-reactive ketones (excluding diaryl/α,β-unsaturated/α-hetero) is 1. The van der Waals surface area contributed by atoms with Gasteiger partial charge in [-0.15, -0.1) is 11.3 Å². The van der Waals surface area contributed by atoms with Crippen LogP contribution in [0.4, 0.5) is 0 Å². The zero-order valence-corrected chi connectivity index (χ0v) is 18.5. The van der Waals surface area contributed by atoms with Crippen LogP contribution in [0.15, 0.2) is 47.8 Å². The van der Waals surface area contributed by atoms with E-state index in [4.69, 9.17) is 9.47 Å². The highest BCUT2D eigenvalue weighted by Gasteiger charge is 2.24. The van der Waals surface area contributed by atoms with E-state index in [1.165, 1.54) is 18.4 Å². The highest BCUT2D eigenvalue weighted by molar-refractivity contribution is 7.13. The van der Waals surface area contributed by atoms with Crippen LogP contribution in [0.5, 0.6) is 0 Å². The lowest BCUT2D eigenvalue weighted by Gasteiger charge is -2.09. The van der Waals surface area contributed by atoms with E-state index in [2.05, 4.69) is 9.97 Å². The number of para-hydroxylation sites is 1. The molecule has 0 aliphatic carbocycles. The fourth-order valence-electron chi connectivity index (χ4n) is 3.61. The Balaban J connectivity index is 1.60. The van der Waals surface area contributed by atoms with E-state index < -0.39 is 24.3 Å². The van der Waals surface area contributed by atoms with Gasteiger partial charge in [0.25, 0.3) is 0 Å². The maximum atomic E-state index is 12.9. The highest BCUT2D eigenvalue weighted by Crippen LogP contribution is 2.28. The maximum absolute atomic E-state index is 12.9. The molecule has 0 aliphatic heterocycles. The van der Waals surface area contributed by atoms with Crippen LogP contribution in [-0.4, -0.2) is 41.4 Å². The number of benzene rings is 1. The Bertz CT molecular complexity index is 1340. The summed E-state index contributed by atoms with van der Waals surface area (Å²) in [5.74, 6) is -1.59. The molecule has 1 aromatic carbocycles. The number of hydrogen-bond acceptors (Lipinski definition) is 7. The minimum atomic E-state index is -0.621. The van der Waals surface area contributed by atoms with E-state index in [0.29, 0.717) is 39.0 Å². The molecule has 0 unspecified atom stereocenters. The lowest BCUT2D eigenvalue weighted by atomic mass is 10.1. The zero-order valence-electron chi connectivity index (χ0n) is 17.7. The second kappa shape index (κ2) is 8.76. The molecular formula is C24H20N2O5S. The van der Waals surface area contributed by atoms with Gasteiger partial charge in [0.1, 0.15) is 0 Å². The monoisotopic (exact) mass is 448 g/mol. The third-order valence-corrected chi connectivity index (χ3v) is 6.04. The van der Waals surface area contributed by atoms with Gasteiger partial charge in [0.15, 0.2) is 6.61 Å². The third kappa shape index (κ3) is 3.92. The molecule has 4 aromatic rings. The number of methoxy groups -OCH3 is 1. The summed E-state index contributed by atoms with van der Waals surface area (Å²) < 4.78 is 10.1. The Labute approximate surface area is 188 Å². The summed E-state index contributed by atoms with van der Waals surface area (Å²) in [6.07, 6.45) is 0. The normalized spacial score (nSPS) is 10.8. The summed E-state index contributed by atoms with van der Waals surface area (Å²) in [6.45, 7) is 2.86. The molecule has 0 radical (unpaired) electrons. The zero-order chi connectivity index (χ0) is 22.8. The van der Waals surface area contributed by atoms with Crippen LogP contribution in [0.25, 0.3) is 21.5 Å². The van der Waals surface area contributed by atoms with E-state index in [-0.39, 0.29) is 5.69 Å². The van der Waals surface area contributed by atoms with Crippen molar-refractivity contribution in [3.63, 3.8) is 0 Å². The Kier molecular flexibility index (Phi) is 5.87. The van der Waals surface area contributed by atoms with Gasteiger partial charge in [0.2, 0.25) is 5.78 Å². The molecule has 7 nitrogen and oxygen atoms in total. The smallest absolute Gasteiger partial charge is 0.339 e. The van der Waals surface area contributed by atoms with Crippen LogP contribution in [0.1, 0.15) is 42.5 Å². The van der Waals surface area contributed by atoms with Crippen LogP contribution >= 0.6 is 11.3 Å². The molecule has 0 bridgehead atoms. The number of nitrogens with one attached hydrogen (secondary N) is 1. The number of thiophene rings is 1. The number of nitrogens with zero attached hydrogens (tertiary/aromatic N) is 1. The SMILES string of the molecule is COC(=O)c1c(C)[nH]c(C(=O)COC(=O)c2cc(-c3cccs3)nc3ccccc23)c1C. The molecule has 0 saturated carbocycles. The standard InChI is InChI=1S/C24H20N2O5S/c1-13-21(24(29)30-3)14(2)25-22(13)19(27)12-31-23(28)16-11-18(20-9-6-10-32-20)26-17-8-5-4-7-15(16)17/h4-11,25H,12H2,1-3H3. The average Bonchev–Trinajstić information content (AvgIpc) is 3.44. The van der Waals surface area contributed by atoms with Gasteiger partial charge in [-0.05, 0) is 43.0 Å². The van der Waals surface area contributed by atoms with Crippen molar-refractivity contribution < 1.29 is 23.9 Å². The van der Waals surface area contributed by atoms with Crippen molar-refractivity contribution in [2.75, 3.05) is 13.7 Å². The number of carbonyl (C=O) groups excluding carboxylic acids is 3. The quantitative estimate of drug-likeness (QED) is 0.338. The van der Waals surface area contributed by atoms with Gasteiger partial charge in [-0.25, -0.2) is 14.6 Å². The molecule has 4 rings (SSSR count). The molecule has 8 heteroatoms. The number of aromatic amines is 1. The Morgan fingerprint density at radius 3 is 2.56 bits per heavy atom. The summed E-state index contributed by atoms with van der Waals surface area (Å²) in [6, 6.07) is 12.8. The van der Waals surface area contributed by atoms with E-state index in [9.17, 15) is 14.4 Å². The molecule has 0 saturated heterocycles. The molecule has 0 spiro atoms. The molecule has 162 valence electrons. The summed E-state index contributed by atoms with van der Waals surface area (Å²) in [5.41, 5.74) is 3.17. The number of aromatic nitrogens is 2. The predicted molar refractivity (Wildman–Crippen MR) is 121 cm³/mol. The molecule has 3 heterocycles. The van der Waals surface area contributed by atoms with E-state index in [1.807, 2.05) is 35.7 Å². The number of pyridine rings is 1. The second-order valence-corrected chi connectivity index (χ2v) is 8.11. The number of carbonyl (C=O) groups is 3. The average molecular weight is 449 g/mol. The molecule has 1 N–H and O–H groups in total. The summed E-state index contributed by atoms with van der Waals surface area (Å²) in [4.78, 5) is 46.1. The molecule has 0 fully saturated rings. The summed E-state index contributed by atoms with van der Waals surface area (Å²) in [5, 5.41) is 2.58. The first-order valence-electron chi connectivity index (χ1n) is 9.82. The molecule has 3 aromatic heterocycles. The van der Waals surface area contributed by atoms with Crippen LogP contribution in [-0.2, 0) is 9.47 Å². The number of hydrogen-bond donors (Lipinski definition) is 1. The number of aryl methyl sites for hydroxylation is 1. The van der Waals surface area contributed by atoms with Gasteiger partial charge in [-0.1, -0.05) is 24.3 Å². The van der Waals surface area contributed by atoms with Gasteiger partial charge in [0.05, 0.1) is 40.0 Å². The number of fused-ring (bicyclic) bond motifs is 1. The lowest BCUT2D eigenvalue weighted by molar-refractivity contribution is 0.0475. The van der Waals surface area contributed by atoms with Crippen molar-refractivity contribution in [1.29, 1.82) is 0 Å². The Morgan fingerprint density at radius 2 is 1.84 bits per heavy atom. The van der Waals surface area contributed by atoms with Crippen LogP contribution in [0, 0.1) is 13.8 Å². The number of H-pyrrole nitrogens is 1. The summed E-state index contributed by atoms with van der Waals surface area (Å²) >= 11 is 1.52. The third-order valence-electron chi connectivity index (χ3n) is 5.15. The number of esters is 2. The summed E-state index contributed by atoms with van der Waals surface area (Å²) in [7, 11) is 1.28. The Hall–Kier alpha value is -3.78. The fourth-order valence-corrected chi connectivity index (χ4v) is 4.30. The van der Waals surface area contributed by atoms with E-state index >= 15 is 0 Å². The molecule has 0 atom stereocenters. The van der Waals surface area contributed by atoms with E-state index in [1.54, 1.807) is 26.0 Å². The van der Waals surface area contributed by atoms with Crippen LogP contribution in [0.2, 0.25) is 0 Å². The van der Waals surface area contributed by atoms with Crippen molar-refractivity contribution >= 4 is 40.0 Å². The largest absolute Gasteiger partial charge is 0.465 e. The minimum Gasteiger partial charge on any atom is -0.465 e. The fraction of sp³-hybridized carbons (Fsp3) is 0.167. The van der Waals surface area contributed by atoms with Crippen molar-refractivity contribution in [3.05, 3.63) is 75.9 Å². The van der Waals surface area contributed by atoms with Gasteiger partial charge in [-0.2, -0.15) is 0 Å². The van der Waals surface area contributed by atoms with Gasteiger partial charge < -0.3 is 14.5 Å². The van der Waals surface area contributed by atoms with Crippen LogP contribution < -0.4 is 0 Å². The van der Waals surface area contributed by atoms with Crippen molar-refractivity contribution in [3.8, 4) is 10.6 Å². The Morgan fingerprint density at radius 1 is 1.06 bits per heavy atom. The predicted octanol–water partition coefficient (Wildman–Crippen LogP) is 4.73. The van der Waals surface area contributed by atoms with Crippen molar-refractivity contribution in [2.45, 2.75) is 13.8 Å². The first kappa shape index (κ1) is 21.5. The van der Waals surface area contributed by atoms with Crippen molar-refractivity contribution in [2.24, 2.45) is 0 Å². The number of ether oxygens (including phenoxy) is 2. The molecule has 32 heavy (non-hydrogen) atoms. The van der Waals surface area contributed by atoms with Gasteiger partial charge in [-0.3, -0.25) is 4.79 Å². The molecular weight excluding hydrogens is 428 g/mol. The first-order chi connectivity index (χ1) is 15.4. The highest BCUT2D eigenvalue weighted by atomic mass is 32.1. The number of ketones is 1. The van der Waals surface area contributed by atoms with Gasteiger partial charge in [0, 0.05) is 11.1 Å². The van der Waals surface area contributed by atoms with Crippen LogP contribution in [0.3, 0.4) is 0 Å². The second-order valence-electron chi connectivity index (χ2n) is 7.17. The number of rotatable bonds is 6. The first-order valence-corrected chi connectivity index (χ1v) is 10.7. The lowest BCUT2D eigenvalue weighted by Crippen LogP contribution is -2.16. The molecule has 0 aliphatic rings. The van der Waals surface area contributed by atoms with Crippen molar-refractivity contribution in [1.82, 2.24) is 9.97 Å². The molecule has 0 amide bonds. The minimum absolute atomic E-state index is 0.217. The van der Waals surface area contributed by atoms with Gasteiger partial charge >= 0.3 is 11.9 Å².